The van der Waals surface area contributed by atoms with Crippen LogP contribution in [0.4, 0.5) is 0 Å². The number of aryl methyl sites for hydroxylation is 1. The number of hydrazone groups is 1. The topological polar surface area (TPSA) is 45.8 Å². The van der Waals surface area contributed by atoms with Crippen LogP contribution in [0, 0.1) is 12.8 Å². The van der Waals surface area contributed by atoms with Crippen molar-refractivity contribution in [3.05, 3.63) is 59.5 Å². The van der Waals surface area contributed by atoms with Gasteiger partial charge in [0.05, 0.1) is 17.7 Å². The van der Waals surface area contributed by atoms with Crippen LogP contribution < -0.4 is 0 Å². The van der Waals surface area contributed by atoms with Gasteiger partial charge in [-0.15, -0.1) is 0 Å². The minimum absolute atomic E-state index is 0.0363. The van der Waals surface area contributed by atoms with Crippen molar-refractivity contribution in [1.29, 1.82) is 0 Å². The fourth-order valence-electron chi connectivity index (χ4n) is 2.81. The van der Waals surface area contributed by atoms with Crippen molar-refractivity contribution in [2.24, 2.45) is 11.0 Å². The van der Waals surface area contributed by atoms with Crippen molar-refractivity contribution in [3.63, 3.8) is 0 Å². The Morgan fingerprint density at radius 3 is 2.72 bits per heavy atom. The van der Waals surface area contributed by atoms with Gasteiger partial charge in [-0.25, -0.2) is 5.01 Å². The van der Waals surface area contributed by atoms with E-state index >= 15 is 0 Å². The lowest BCUT2D eigenvalue weighted by Crippen LogP contribution is -2.28. The third-order valence-corrected chi connectivity index (χ3v) is 5.45. The van der Waals surface area contributed by atoms with E-state index in [-0.39, 0.29) is 11.9 Å². The van der Waals surface area contributed by atoms with Crippen LogP contribution >= 0.6 is 11.8 Å². The molecule has 0 fully saturated rings. The molecular formula is C20H24N2O2S. The standard InChI is InChI=1S/C20H24N2O2S/c1-14(2)12-25-13-20(23)22-18(19-5-4-10-24-19)11-17(21-22)16-8-6-15(3)7-9-16/h4-10,14,18H,11-13H2,1-3H3. The van der Waals surface area contributed by atoms with Gasteiger partial charge < -0.3 is 4.42 Å². The second-order valence-corrected chi connectivity index (χ2v) is 7.83. The highest BCUT2D eigenvalue weighted by molar-refractivity contribution is 7.99. The molecule has 1 aliphatic rings. The van der Waals surface area contributed by atoms with Gasteiger partial charge in [-0.3, -0.25) is 4.79 Å². The van der Waals surface area contributed by atoms with Crippen LogP contribution in [0.3, 0.4) is 0 Å². The lowest BCUT2D eigenvalue weighted by atomic mass is 10.0. The smallest absolute Gasteiger partial charge is 0.253 e. The first kappa shape index (κ1) is 17.8. The molecule has 25 heavy (non-hydrogen) atoms. The number of carbonyl (C=O) groups is 1. The van der Waals surface area contributed by atoms with E-state index in [0.29, 0.717) is 18.1 Å². The molecule has 0 radical (unpaired) electrons. The van der Waals surface area contributed by atoms with Gasteiger partial charge in [-0.2, -0.15) is 16.9 Å². The molecule has 5 heteroatoms. The molecule has 0 aliphatic carbocycles. The summed E-state index contributed by atoms with van der Waals surface area (Å²) in [7, 11) is 0. The van der Waals surface area contributed by atoms with Gasteiger partial charge in [0.1, 0.15) is 11.8 Å². The highest BCUT2D eigenvalue weighted by atomic mass is 32.2. The molecule has 0 N–H and O–H groups in total. The number of benzene rings is 1. The number of furan rings is 1. The minimum Gasteiger partial charge on any atom is -0.467 e. The maximum absolute atomic E-state index is 12.7. The van der Waals surface area contributed by atoms with E-state index in [0.717, 1.165) is 22.8 Å². The summed E-state index contributed by atoms with van der Waals surface area (Å²) in [6, 6.07) is 11.9. The Morgan fingerprint density at radius 2 is 2.08 bits per heavy atom. The van der Waals surface area contributed by atoms with Crippen LogP contribution in [0.5, 0.6) is 0 Å². The van der Waals surface area contributed by atoms with Crippen LogP contribution in [0.25, 0.3) is 0 Å². The number of rotatable bonds is 6. The molecule has 0 saturated heterocycles. The van der Waals surface area contributed by atoms with Crippen molar-refractivity contribution in [3.8, 4) is 0 Å². The average Bonchev–Trinajstić information content (AvgIpc) is 3.24. The predicted molar refractivity (Wildman–Crippen MR) is 103 cm³/mol. The molecule has 3 rings (SSSR count). The number of nitrogens with zero attached hydrogens (tertiary/aromatic N) is 2. The molecule has 1 amide bonds. The Morgan fingerprint density at radius 1 is 1.32 bits per heavy atom. The first-order valence-corrected chi connectivity index (χ1v) is 9.78. The summed E-state index contributed by atoms with van der Waals surface area (Å²) in [5.74, 6) is 2.81. The fraction of sp³-hybridized carbons (Fsp3) is 0.400. The molecule has 1 aliphatic heterocycles. The van der Waals surface area contributed by atoms with Crippen molar-refractivity contribution >= 4 is 23.4 Å². The van der Waals surface area contributed by atoms with E-state index in [2.05, 4.69) is 50.1 Å². The number of carbonyl (C=O) groups excluding carboxylic acids is 1. The van der Waals surface area contributed by atoms with Gasteiger partial charge in [0.25, 0.3) is 5.91 Å². The molecule has 1 aromatic carbocycles. The van der Waals surface area contributed by atoms with Crippen molar-refractivity contribution < 1.29 is 9.21 Å². The van der Waals surface area contributed by atoms with E-state index < -0.39 is 0 Å². The maximum Gasteiger partial charge on any atom is 0.253 e. The molecular weight excluding hydrogens is 332 g/mol. The Bertz CT molecular complexity index is 736. The lowest BCUT2D eigenvalue weighted by Gasteiger charge is -2.19. The molecule has 0 bridgehead atoms. The molecule has 132 valence electrons. The zero-order valence-corrected chi connectivity index (χ0v) is 15.8. The highest BCUT2D eigenvalue weighted by Crippen LogP contribution is 2.33. The first-order chi connectivity index (χ1) is 12.0. The average molecular weight is 356 g/mol. The summed E-state index contributed by atoms with van der Waals surface area (Å²) in [5, 5.41) is 6.26. The molecule has 4 nitrogen and oxygen atoms in total. The summed E-state index contributed by atoms with van der Waals surface area (Å²) in [6.45, 7) is 6.38. The zero-order valence-electron chi connectivity index (χ0n) is 14.9. The van der Waals surface area contributed by atoms with Crippen molar-refractivity contribution in [1.82, 2.24) is 5.01 Å². The number of amides is 1. The highest BCUT2D eigenvalue weighted by Gasteiger charge is 2.34. The Hall–Kier alpha value is -2.01. The van der Waals surface area contributed by atoms with Crippen molar-refractivity contribution in [2.75, 3.05) is 11.5 Å². The second kappa shape index (κ2) is 7.91. The van der Waals surface area contributed by atoms with E-state index in [1.165, 1.54) is 5.56 Å². The van der Waals surface area contributed by atoms with Crippen LogP contribution in [-0.4, -0.2) is 28.1 Å². The SMILES string of the molecule is Cc1ccc(C2=NN(C(=O)CSCC(C)C)C(c3ccco3)C2)cc1. The van der Waals surface area contributed by atoms with Gasteiger partial charge in [0, 0.05) is 6.42 Å². The largest absolute Gasteiger partial charge is 0.467 e. The Labute approximate surface area is 153 Å². The van der Waals surface area contributed by atoms with E-state index in [9.17, 15) is 4.79 Å². The summed E-state index contributed by atoms with van der Waals surface area (Å²) >= 11 is 1.66. The van der Waals surface area contributed by atoms with Crippen LogP contribution in [0.2, 0.25) is 0 Å². The molecule has 0 saturated carbocycles. The fourth-order valence-corrected chi connectivity index (χ4v) is 3.71. The molecule has 1 unspecified atom stereocenters. The Kier molecular flexibility index (Phi) is 5.63. The van der Waals surface area contributed by atoms with Gasteiger partial charge in [0.15, 0.2) is 0 Å². The molecule has 0 spiro atoms. The zero-order chi connectivity index (χ0) is 17.8. The summed E-state index contributed by atoms with van der Waals surface area (Å²) in [4.78, 5) is 12.7. The number of hydrogen-bond acceptors (Lipinski definition) is 4. The third-order valence-electron chi connectivity index (χ3n) is 4.10. The minimum atomic E-state index is -0.154. The summed E-state index contributed by atoms with van der Waals surface area (Å²) < 4.78 is 5.57. The summed E-state index contributed by atoms with van der Waals surface area (Å²) in [5.41, 5.74) is 3.21. The molecule has 1 atom stereocenters. The normalized spacial score (nSPS) is 17.2. The van der Waals surface area contributed by atoms with Gasteiger partial charge in [-0.1, -0.05) is 43.7 Å². The maximum atomic E-state index is 12.7. The number of hydrogen-bond donors (Lipinski definition) is 0. The van der Waals surface area contributed by atoms with Gasteiger partial charge in [0.2, 0.25) is 0 Å². The lowest BCUT2D eigenvalue weighted by molar-refractivity contribution is -0.130. The van der Waals surface area contributed by atoms with Crippen LogP contribution in [0.1, 0.15) is 43.2 Å². The molecule has 1 aromatic heterocycles. The van der Waals surface area contributed by atoms with E-state index in [1.54, 1.807) is 23.0 Å². The quantitative estimate of drug-likeness (QED) is 0.756. The molecule has 2 heterocycles. The van der Waals surface area contributed by atoms with Crippen molar-refractivity contribution in [2.45, 2.75) is 33.2 Å². The van der Waals surface area contributed by atoms with E-state index in [1.807, 2.05) is 12.1 Å². The number of thioether (sulfide) groups is 1. The van der Waals surface area contributed by atoms with Gasteiger partial charge >= 0.3 is 0 Å². The van der Waals surface area contributed by atoms with Crippen LogP contribution in [0.15, 0.2) is 52.2 Å². The monoisotopic (exact) mass is 356 g/mol. The van der Waals surface area contributed by atoms with E-state index in [4.69, 9.17) is 4.42 Å². The summed E-state index contributed by atoms with van der Waals surface area (Å²) in [6.07, 6.45) is 2.33. The molecule has 2 aromatic rings. The van der Waals surface area contributed by atoms with Crippen LogP contribution in [-0.2, 0) is 4.79 Å². The predicted octanol–water partition coefficient (Wildman–Crippen LogP) is 4.65. The first-order valence-electron chi connectivity index (χ1n) is 8.62. The second-order valence-electron chi connectivity index (χ2n) is 6.80. The van der Waals surface area contributed by atoms with Gasteiger partial charge in [-0.05, 0) is 36.3 Å². The third kappa shape index (κ3) is 4.34. The Balaban J connectivity index is 1.79.